The second kappa shape index (κ2) is 7.81. The van der Waals surface area contributed by atoms with E-state index in [0.717, 1.165) is 40.1 Å². The van der Waals surface area contributed by atoms with Crippen LogP contribution in [0.1, 0.15) is 37.0 Å². The summed E-state index contributed by atoms with van der Waals surface area (Å²) in [4.78, 5) is 25.0. The molecule has 1 saturated carbocycles. The fraction of sp³-hybridized carbons (Fsp3) is 0.444. The maximum absolute atomic E-state index is 13.4. The van der Waals surface area contributed by atoms with Crippen molar-refractivity contribution < 1.29 is 9.53 Å². The first kappa shape index (κ1) is 22.1. The number of methoxy groups -OCH3 is 1. The van der Waals surface area contributed by atoms with E-state index in [2.05, 4.69) is 33.2 Å². The lowest BCUT2D eigenvalue weighted by molar-refractivity contribution is 0.0782. The Bertz CT molecular complexity index is 1460. The number of nitrogens with two attached hydrogens (primary N) is 1. The molecule has 0 unspecified atom stereocenters. The minimum absolute atomic E-state index is 0.0366. The summed E-state index contributed by atoms with van der Waals surface area (Å²) in [6, 6.07) is 9.94. The van der Waals surface area contributed by atoms with Crippen molar-refractivity contribution >= 4 is 28.0 Å². The third kappa shape index (κ3) is 3.58. The van der Waals surface area contributed by atoms with Gasteiger partial charge >= 0.3 is 0 Å². The predicted molar refractivity (Wildman–Crippen MR) is 136 cm³/mol. The number of amides is 1. The summed E-state index contributed by atoms with van der Waals surface area (Å²) >= 11 is 0. The van der Waals surface area contributed by atoms with E-state index in [1.165, 1.54) is 12.8 Å². The van der Waals surface area contributed by atoms with E-state index in [0.29, 0.717) is 30.3 Å². The molecule has 4 heterocycles. The molecule has 1 aliphatic carbocycles. The number of imidazole rings is 1. The van der Waals surface area contributed by atoms with E-state index in [-0.39, 0.29) is 17.4 Å². The van der Waals surface area contributed by atoms with Gasteiger partial charge in [-0.1, -0.05) is 6.92 Å². The van der Waals surface area contributed by atoms with Gasteiger partial charge in [0.1, 0.15) is 16.9 Å². The molecule has 2 fully saturated rings. The fourth-order valence-corrected chi connectivity index (χ4v) is 5.34. The van der Waals surface area contributed by atoms with Crippen LogP contribution in [-0.2, 0) is 13.6 Å². The number of pyridine rings is 1. The molecule has 182 valence electrons. The van der Waals surface area contributed by atoms with Crippen LogP contribution in [0.25, 0.3) is 33.6 Å². The van der Waals surface area contributed by atoms with Crippen molar-refractivity contribution in [1.82, 2.24) is 24.0 Å². The summed E-state index contributed by atoms with van der Waals surface area (Å²) in [6.07, 6.45) is 4.35. The maximum atomic E-state index is 13.4. The molecule has 35 heavy (non-hydrogen) atoms. The molecular formula is C27H32N6O2. The zero-order chi connectivity index (χ0) is 24.5. The molecule has 2 aliphatic rings. The smallest absolute Gasteiger partial charge is 0.254 e. The number of aromatic nitrogens is 4. The molecule has 2 N–H and O–H groups in total. The quantitative estimate of drug-likeness (QED) is 0.477. The van der Waals surface area contributed by atoms with Crippen molar-refractivity contribution in [2.24, 2.45) is 24.6 Å². The lowest BCUT2D eigenvalue weighted by Gasteiger charge is -2.22. The lowest BCUT2D eigenvalue weighted by atomic mass is 9.92. The van der Waals surface area contributed by atoms with Gasteiger partial charge in [-0.2, -0.15) is 0 Å². The Morgan fingerprint density at radius 1 is 1.29 bits per heavy atom. The number of hydrogen-bond donors (Lipinski definition) is 1. The summed E-state index contributed by atoms with van der Waals surface area (Å²) in [5.74, 6) is 2.37. The second-order valence-electron chi connectivity index (χ2n) is 10.6. The first-order chi connectivity index (χ1) is 16.8. The highest BCUT2D eigenvalue weighted by atomic mass is 16.5. The van der Waals surface area contributed by atoms with Gasteiger partial charge < -0.3 is 24.5 Å². The first-order valence-electron chi connectivity index (χ1n) is 12.3. The SMILES string of the molecule is COc1cc(C(=O)N2C[C@@H](C)[C@](C)(N)C2)cc2nc(-c3cc4cccnc4n3CC3CC3)n(C)c12. The second-order valence-corrected chi connectivity index (χ2v) is 10.6. The van der Waals surface area contributed by atoms with Crippen LogP contribution in [0.15, 0.2) is 36.5 Å². The summed E-state index contributed by atoms with van der Waals surface area (Å²) < 4.78 is 10.1. The van der Waals surface area contributed by atoms with Gasteiger partial charge in [0.15, 0.2) is 5.82 Å². The Labute approximate surface area is 204 Å². The Morgan fingerprint density at radius 3 is 2.77 bits per heavy atom. The van der Waals surface area contributed by atoms with Gasteiger partial charge in [-0.25, -0.2) is 9.97 Å². The van der Waals surface area contributed by atoms with E-state index in [1.807, 2.05) is 43.3 Å². The number of benzene rings is 1. The molecule has 1 amide bonds. The van der Waals surface area contributed by atoms with Gasteiger partial charge in [-0.15, -0.1) is 0 Å². The average molecular weight is 473 g/mol. The highest BCUT2D eigenvalue weighted by molar-refractivity contribution is 6.00. The van der Waals surface area contributed by atoms with E-state index >= 15 is 0 Å². The van der Waals surface area contributed by atoms with Gasteiger partial charge in [-0.05, 0) is 61.9 Å². The Morgan fingerprint density at radius 2 is 2.09 bits per heavy atom. The van der Waals surface area contributed by atoms with Crippen LogP contribution in [-0.4, -0.2) is 55.6 Å². The monoisotopic (exact) mass is 472 g/mol. The number of nitrogens with zero attached hydrogens (tertiary/aromatic N) is 5. The molecule has 8 heteroatoms. The molecular weight excluding hydrogens is 440 g/mol. The summed E-state index contributed by atoms with van der Waals surface area (Å²) in [7, 11) is 3.64. The molecule has 2 atom stereocenters. The minimum Gasteiger partial charge on any atom is -0.494 e. The Kier molecular flexibility index (Phi) is 4.93. The number of carbonyl (C=O) groups excluding carboxylic acids is 1. The summed E-state index contributed by atoms with van der Waals surface area (Å²) in [5, 5.41) is 1.10. The van der Waals surface area contributed by atoms with Gasteiger partial charge in [0.05, 0.1) is 18.3 Å². The number of ether oxygens (including phenoxy) is 1. The topological polar surface area (TPSA) is 91.2 Å². The molecule has 0 spiro atoms. The van der Waals surface area contributed by atoms with Gasteiger partial charge in [0.2, 0.25) is 0 Å². The van der Waals surface area contributed by atoms with Crippen molar-refractivity contribution in [3.05, 3.63) is 42.1 Å². The standard InChI is InChI=1S/C27H32N6O2/c1-16-13-32(15-27(16,2)28)26(34)19-10-20-23(22(12-19)35-4)31(3)25(30-20)21-11-18-6-5-9-29-24(18)33(21)14-17-7-8-17/h5-6,9-12,16-17H,7-8,13-15,28H2,1-4H3/t16-,27-/m1/s1. The number of rotatable bonds is 5. The van der Waals surface area contributed by atoms with Gasteiger partial charge in [0.25, 0.3) is 5.91 Å². The number of fused-ring (bicyclic) bond motifs is 2. The molecule has 6 rings (SSSR count). The highest BCUT2D eigenvalue weighted by Crippen LogP contribution is 2.37. The normalized spacial score (nSPS) is 22.4. The van der Waals surface area contributed by atoms with E-state index in [9.17, 15) is 4.79 Å². The Balaban J connectivity index is 1.47. The molecule has 4 aromatic rings. The molecule has 1 aromatic carbocycles. The molecule has 0 radical (unpaired) electrons. The average Bonchev–Trinajstić information content (AvgIpc) is 3.42. The van der Waals surface area contributed by atoms with Crippen molar-refractivity contribution in [2.75, 3.05) is 20.2 Å². The number of likely N-dealkylation sites (tertiary alicyclic amines) is 1. The van der Waals surface area contributed by atoms with Crippen LogP contribution < -0.4 is 10.5 Å². The number of hydrogen-bond acceptors (Lipinski definition) is 5. The third-order valence-corrected chi connectivity index (χ3v) is 7.86. The van der Waals surface area contributed by atoms with Crippen molar-refractivity contribution in [3.8, 4) is 17.3 Å². The minimum atomic E-state index is -0.384. The zero-order valence-electron chi connectivity index (χ0n) is 20.8. The van der Waals surface area contributed by atoms with Crippen LogP contribution in [0, 0.1) is 11.8 Å². The summed E-state index contributed by atoms with van der Waals surface area (Å²) in [5.41, 5.74) is 10.2. The highest BCUT2D eigenvalue weighted by Gasteiger charge is 2.39. The third-order valence-electron chi connectivity index (χ3n) is 7.86. The van der Waals surface area contributed by atoms with Crippen molar-refractivity contribution in [1.29, 1.82) is 0 Å². The number of aryl methyl sites for hydroxylation is 1. The van der Waals surface area contributed by atoms with E-state index in [1.54, 1.807) is 7.11 Å². The van der Waals surface area contributed by atoms with E-state index < -0.39 is 0 Å². The van der Waals surface area contributed by atoms with Crippen LogP contribution >= 0.6 is 0 Å². The molecule has 0 bridgehead atoms. The van der Waals surface area contributed by atoms with Crippen LogP contribution in [0.5, 0.6) is 5.75 Å². The van der Waals surface area contributed by atoms with Crippen LogP contribution in [0.3, 0.4) is 0 Å². The fourth-order valence-electron chi connectivity index (χ4n) is 5.34. The maximum Gasteiger partial charge on any atom is 0.254 e. The van der Waals surface area contributed by atoms with E-state index in [4.69, 9.17) is 15.5 Å². The summed E-state index contributed by atoms with van der Waals surface area (Å²) in [6.45, 7) is 6.22. The zero-order valence-corrected chi connectivity index (χ0v) is 20.8. The number of carbonyl (C=O) groups is 1. The Hall–Kier alpha value is -3.39. The molecule has 1 aliphatic heterocycles. The van der Waals surface area contributed by atoms with Crippen LogP contribution in [0.4, 0.5) is 0 Å². The largest absolute Gasteiger partial charge is 0.494 e. The van der Waals surface area contributed by atoms with Crippen molar-refractivity contribution in [2.45, 2.75) is 38.8 Å². The molecule has 1 saturated heterocycles. The predicted octanol–water partition coefficient (Wildman–Crippen LogP) is 3.82. The molecule has 8 nitrogen and oxygen atoms in total. The van der Waals surface area contributed by atoms with Gasteiger partial charge in [-0.3, -0.25) is 4.79 Å². The first-order valence-corrected chi connectivity index (χ1v) is 12.3. The molecule has 3 aromatic heterocycles. The van der Waals surface area contributed by atoms with Gasteiger partial charge in [0, 0.05) is 49.4 Å². The van der Waals surface area contributed by atoms with Crippen LogP contribution in [0.2, 0.25) is 0 Å². The lowest BCUT2D eigenvalue weighted by Crippen LogP contribution is -2.44. The van der Waals surface area contributed by atoms with Crippen molar-refractivity contribution in [3.63, 3.8) is 0 Å².